The van der Waals surface area contributed by atoms with Gasteiger partial charge >= 0.3 is 0 Å². The number of rotatable bonds is 7. The van der Waals surface area contributed by atoms with E-state index in [9.17, 15) is 18.3 Å². The number of primary sulfonamides is 1. The molecule has 25 heavy (non-hydrogen) atoms. The van der Waals surface area contributed by atoms with Gasteiger partial charge in [-0.2, -0.15) is 0 Å². The Morgan fingerprint density at radius 1 is 1.24 bits per heavy atom. The number of nitrogens with one attached hydrogen (secondary N) is 1. The minimum atomic E-state index is -4.09. The van der Waals surface area contributed by atoms with Gasteiger partial charge in [-0.25, -0.2) is 13.6 Å². The first-order valence-corrected chi connectivity index (χ1v) is 9.40. The molecule has 134 valence electrons. The largest absolute Gasteiger partial charge is 0.507 e. The van der Waals surface area contributed by atoms with Crippen molar-refractivity contribution in [3.05, 3.63) is 59.2 Å². The molecule has 0 bridgehead atoms. The number of hydrogen-bond acceptors (Lipinski definition) is 5. The SMILES string of the molecule is Cc1ccccc1C(C)CNCC(=O)c1ccc(O)c(S(N)(=O)=O)c1. The molecule has 6 nitrogen and oxygen atoms in total. The van der Waals surface area contributed by atoms with E-state index in [0.717, 1.165) is 12.1 Å². The highest BCUT2D eigenvalue weighted by Gasteiger charge is 2.17. The van der Waals surface area contributed by atoms with Crippen molar-refractivity contribution in [3.63, 3.8) is 0 Å². The normalized spacial score (nSPS) is 12.8. The summed E-state index contributed by atoms with van der Waals surface area (Å²) in [6.07, 6.45) is 0. The second-order valence-electron chi connectivity index (χ2n) is 6.04. The van der Waals surface area contributed by atoms with Crippen LogP contribution >= 0.6 is 0 Å². The van der Waals surface area contributed by atoms with Crippen LogP contribution in [-0.2, 0) is 10.0 Å². The predicted octanol–water partition coefficient (Wildman–Crippen LogP) is 1.92. The van der Waals surface area contributed by atoms with Crippen LogP contribution in [0.25, 0.3) is 0 Å². The molecule has 1 unspecified atom stereocenters. The lowest BCUT2D eigenvalue weighted by Crippen LogP contribution is -2.27. The minimum absolute atomic E-state index is 0.0606. The van der Waals surface area contributed by atoms with Gasteiger partial charge in [0.15, 0.2) is 5.78 Å². The molecule has 0 heterocycles. The van der Waals surface area contributed by atoms with Crippen molar-refractivity contribution in [2.75, 3.05) is 13.1 Å². The van der Waals surface area contributed by atoms with E-state index in [1.54, 1.807) is 0 Å². The lowest BCUT2D eigenvalue weighted by molar-refractivity contribution is 0.0990. The van der Waals surface area contributed by atoms with Crippen molar-refractivity contribution in [2.24, 2.45) is 5.14 Å². The second kappa shape index (κ2) is 7.77. The summed E-state index contributed by atoms with van der Waals surface area (Å²) < 4.78 is 22.8. The Labute approximate surface area is 147 Å². The van der Waals surface area contributed by atoms with Gasteiger partial charge < -0.3 is 10.4 Å². The second-order valence-corrected chi connectivity index (χ2v) is 7.57. The highest BCUT2D eigenvalue weighted by molar-refractivity contribution is 7.89. The summed E-state index contributed by atoms with van der Waals surface area (Å²) in [5, 5.41) is 17.7. The number of Topliss-reactive ketones (excluding diaryl/α,β-unsaturated/α-hetero) is 1. The van der Waals surface area contributed by atoms with Gasteiger partial charge in [0, 0.05) is 12.1 Å². The Kier molecular flexibility index (Phi) is 5.94. The average Bonchev–Trinajstić information content (AvgIpc) is 2.54. The lowest BCUT2D eigenvalue weighted by Gasteiger charge is -2.15. The van der Waals surface area contributed by atoms with Gasteiger partial charge in [-0.05, 0) is 42.2 Å². The number of benzene rings is 2. The third kappa shape index (κ3) is 4.88. The molecule has 0 aliphatic rings. The molecule has 0 aliphatic heterocycles. The number of nitrogens with two attached hydrogens (primary N) is 1. The van der Waals surface area contributed by atoms with Crippen molar-refractivity contribution in [1.82, 2.24) is 5.32 Å². The summed E-state index contributed by atoms with van der Waals surface area (Å²) in [5.74, 6) is -0.518. The number of phenols is 1. The van der Waals surface area contributed by atoms with Crippen LogP contribution in [0.2, 0.25) is 0 Å². The fourth-order valence-corrected chi connectivity index (χ4v) is 3.32. The lowest BCUT2D eigenvalue weighted by atomic mass is 9.96. The zero-order chi connectivity index (χ0) is 18.6. The van der Waals surface area contributed by atoms with Crippen LogP contribution < -0.4 is 10.5 Å². The number of carbonyl (C=O) groups excluding carboxylic acids is 1. The highest BCUT2D eigenvalue weighted by Crippen LogP contribution is 2.22. The van der Waals surface area contributed by atoms with Crippen molar-refractivity contribution >= 4 is 15.8 Å². The summed E-state index contributed by atoms with van der Waals surface area (Å²) in [4.78, 5) is 11.8. The Hall–Kier alpha value is -2.22. The van der Waals surface area contributed by atoms with Crippen LogP contribution in [0.1, 0.15) is 34.3 Å². The number of ketones is 1. The van der Waals surface area contributed by atoms with Crippen molar-refractivity contribution in [3.8, 4) is 5.75 Å². The molecule has 0 amide bonds. The molecule has 7 heteroatoms. The molecule has 4 N–H and O–H groups in total. The van der Waals surface area contributed by atoms with E-state index >= 15 is 0 Å². The maximum atomic E-state index is 12.2. The van der Waals surface area contributed by atoms with Gasteiger partial charge in [0.2, 0.25) is 10.0 Å². The number of aryl methyl sites for hydroxylation is 1. The van der Waals surface area contributed by atoms with Crippen molar-refractivity contribution in [1.29, 1.82) is 0 Å². The topological polar surface area (TPSA) is 109 Å². The van der Waals surface area contributed by atoms with E-state index in [2.05, 4.69) is 18.3 Å². The standard InChI is InChI=1S/C18H22N2O4S/c1-12-5-3-4-6-15(12)13(2)10-20-11-17(22)14-7-8-16(21)18(9-14)25(19,23)24/h3-9,13,20-21H,10-11H2,1-2H3,(H2,19,23,24). The molecule has 1 atom stereocenters. The fourth-order valence-electron chi connectivity index (χ4n) is 2.67. The summed E-state index contributed by atoms with van der Waals surface area (Å²) >= 11 is 0. The molecular formula is C18H22N2O4S. The smallest absolute Gasteiger partial charge is 0.241 e. The minimum Gasteiger partial charge on any atom is -0.507 e. The van der Waals surface area contributed by atoms with E-state index in [1.807, 2.05) is 25.1 Å². The Morgan fingerprint density at radius 3 is 2.56 bits per heavy atom. The van der Waals surface area contributed by atoms with Crippen LogP contribution in [0.4, 0.5) is 0 Å². The maximum absolute atomic E-state index is 12.2. The zero-order valence-corrected chi connectivity index (χ0v) is 15.0. The first kappa shape index (κ1) is 19.1. The maximum Gasteiger partial charge on any atom is 0.241 e. The molecule has 0 aliphatic carbocycles. The third-order valence-corrected chi connectivity index (χ3v) is 4.98. The van der Waals surface area contributed by atoms with Gasteiger partial charge in [0.1, 0.15) is 10.6 Å². The molecule has 0 saturated carbocycles. The summed E-state index contributed by atoms with van der Waals surface area (Å²) in [7, 11) is -4.09. The van der Waals surface area contributed by atoms with Crippen LogP contribution in [0.15, 0.2) is 47.4 Å². The van der Waals surface area contributed by atoms with Gasteiger partial charge in [-0.1, -0.05) is 31.2 Å². The summed E-state index contributed by atoms with van der Waals surface area (Å²) in [5.41, 5.74) is 2.58. The van der Waals surface area contributed by atoms with Crippen molar-refractivity contribution < 1.29 is 18.3 Å². The molecule has 0 spiro atoms. The van der Waals surface area contributed by atoms with E-state index in [0.29, 0.717) is 6.54 Å². The van der Waals surface area contributed by atoms with Gasteiger partial charge in [0.05, 0.1) is 6.54 Å². The molecule has 0 radical (unpaired) electrons. The van der Waals surface area contributed by atoms with E-state index in [-0.39, 0.29) is 23.8 Å². The van der Waals surface area contributed by atoms with Crippen molar-refractivity contribution in [2.45, 2.75) is 24.7 Å². The molecule has 2 rings (SSSR count). The predicted molar refractivity (Wildman–Crippen MR) is 96.3 cm³/mol. The van der Waals surface area contributed by atoms with E-state index in [1.165, 1.54) is 17.2 Å². The average molecular weight is 362 g/mol. The molecular weight excluding hydrogens is 340 g/mol. The Bertz CT molecular complexity index is 878. The highest BCUT2D eigenvalue weighted by atomic mass is 32.2. The number of aromatic hydroxyl groups is 1. The number of carbonyl (C=O) groups is 1. The third-order valence-electron chi connectivity index (χ3n) is 4.04. The molecule has 0 fully saturated rings. The first-order chi connectivity index (χ1) is 11.7. The number of phenolic OH excluding ortho intramolecular Hbond substituents is 1. The summed E-state index contributed by atoms with van der Waals surface area (Å²) in [6.45, 7) is 4.78. The number of hydrogen-bond donors (Lipinski definition) is 3. The van der Waals surface area contributed by atoms with Crippen LogP contribution in [0.5, 0.6) is 5.75 Å². The first-order valence-electron chi connectivity index (χ1n) is 7.85. The monoisotopic (exact) mass is 362 g/mol. The van der Waals surface area contributed by atoms with Crippen LogP contribution in [-0.4, -0.2) is 32.4 Å². The van der Waals surface area contributed by atoms with E-state index in [4.69, 9.17) is 5.14 Å². The summed E-state index contributed by atoms with van der Waals surface area (Å²) in [6, 6.07) is 11.7. The molecule has 2 aromatic carbocycles. The van der Waals surface area contributed by atoms with Crippen LogP contribution in [0, 0.1) is 6.92 Å². The quantitative estimate of drug-likeness (QED) is 0.652. The Balaban J connectivity index is 2.00. The van der Waals surface area contributed by atoms with E-state index < -0.39 is 20.7 Å². The number of sulfonamides is 1. The zero-order valence-electron chi connectivity index (χ0n) is 14.2. The van der Waals surface area contributed by atoms with Gasteiger partial charge in [-0.15, -0.1) is 0 Å². The molecule has 0 aromatic heterocycles. The fraction of sp³-hybridized carbons (Fsp3) is 0.278. The van der Waals surface area contributed by atoms with Gasteiger partial charge in [-0.3, -0.25) is 4.79 Å². The molecule has 2 aromatic rings. The Morgan fingerprint density at radius 2 is 1.92 bits per heavy atom. The van der Waals surface area contributed by atoms with Gasteiger partial charge in [0.25, 0.3) is 0 Å². The van der Waals surface area contributed by atoms with Crippen LogP contribution in [0.3, 0.4) is 0 Å². The molecule has 0 saturated heterocycles.